The molecule has 0 heterocycles. The molecule has 1 aromatic rings. The molecular weight excluding hydrogens is 290 g/mol. The molecule has 0 spiro atoms. The second-order valence-electron chi connectivity index (χ2n) is 5.13. The smallest absolute Gasteiger partial charge is 0.243 e. The minimum absolute atomic E-state index is 0.225. The van der Waals surface area contributed by atoms with Gasteiger partial charge in [-0.05, 0) is 45.3 Å². The summed E-state index contributed by atoms with van der Waals surface area (Å²) in [6.45, 7) is 1.99. The number of rotatable bonds is 9. The standard InChI is InChI=1S/C14H25N3O3S/c1-16(2)8-5-9-17(10-11-20-3)21(18,19)14-7-4-6-13(15)12-14/h4,6-7,12H,5,8-11,15H2,1-3H3. The van der Waals surface area contributed by atoms with Crippen LogP contribution < -0.4 is 5.73 Å². The fourth-order valence-electron chi connectivity index (χ4n) is 1.93. The topological polar surface area (TPSA) is 75.9 Å². The van der Waals surface area contributed by atoms with Gasteiger partial charge in [-0.25, -0.2) is 8.42 Å². The first-order valence-electron chi connectivity index (χ1n) is 6.87. The fraction of sp³-hybridized carbons (Fsp3) is 0.571. The van der Waals surface area contributed by atoms with Gasteiger partial charge < -0.3 is 15.4 Å². The van der Waals surface area contributed by atoms with Gasteiger partial charge in [0.25, 0.3) is 0 Å². The van der Waals surface area contributed by atoms with Gasteiger partial charge in [-0.3, -0.25) is 0 Å². The van der Waals surface area contributed by atoms with Crippen LogP contribution in [-0.2, 0) is 14.8 Å². The maximum absolute atomic E-state index is 12.7. The third-order valence-corrected chi connectivity index (χ3v) is 4.95. The molecule has 0 aliphatic carbocycles. The van der Waals surface area contributed by atoms with E-state index in [9.17, 15) is 8.42 Å². The maximum atomic E-state index is 12.7. The third-order valence-electron chi connectivity index (χ3n) is 3.05. The van der Waals surface area contributed by atoms with E-state index in [0.717, 1.165) is 13.0 Å². The zero-order chi connectivity index (χ0) is 15.9. The molecule has 0 saturated carbocycles. The summed E-state index contributed by atoms with van der Waals surface area (Å²) in [6, 6.07) is 6.37. The summed E-state index contributed by atoms with van der Waals surface area (Å²) >= 11 is 0. The Balaban J connectivity index is 2.89. The van der Waals surface area contributed by atoms with E-state index in [1.165, 1.54) is 10.4 Å². The lowest BCUT2D eigenvalue weighted by Gasteiger charge is -2.23. The Morgan fingerprint density at radius 1 is 1.19 bits per heavy atom. The van der Waals surface area contributed by atoms with E-state index in [1.807, 2.05) is 19.0 Å². The number of nitrogens with two attached hydrogens (primary N) is 1. The van der Waals surface area contributed by atoms with Crippen LogP contribution in [0.3, 0.4) is 0 Å². The summed E-state index contributed by atoms with van der Waals surface area (Å²) in [5.74, 6) is 0. The van der Waals surface area contributed by atoms with Crippen LogP contribution in [0.25, 0.3) is 0 Å². The molecule has 0 bridgehead atoms. The lowest BCUT2D eigenvalue weighted by atomic mass is 10.3. The van der Waals surface area contributed by atoms with Crippen molar-refractivity contribution in [1.29, 1.82) is 0 Å². The molecule has 120 valence electrons. The van der Waals surface area contributed by atoms with E-state index in [-0.39, 0.29) is 4.90 Å². The Hall–Kier alpha value is -1.15. The molecule has 7 heteroatoms. The van der Waals surface area contributed by atoms with Crippen molar-refractivity contribution in [2.24, 2.45) is 0 Å². The van der Waals surface area contributed by atoms with Crippen LogP contribution in [0.15, 0.2) is 29.2 Å². The normalized spacial score (nSPS) is 12.2. The van der Waals surface area contributed by atoms with Crippen LogP contribution in [0.2, 0.25) is 0 Å². The second-order valence-corrected chi connectivity index (χ2v) is 7.06. The number of nitrogen functional groups attached to an aromatic ring is 1. The molecule has 21 heavy (non-hydrogen) atoms. The number of hydrogen-bond donors (Lipinski definition) is 1. The van der Waals surface area contributed by atoms with Gasteiger partial charge in [-0.15, -0.1) is 0 Å². The van der Waals surface area contributed by atoms with E-state index < -0.39 is 10.0 Å². The van der Waals surface area contributed by atoms with E-state index in [4.69, 9.17) is 10.5 Å². The Morgan fingerprint density at radius 2 is 1.90 bits per heavy atom. The Bertz CT molecular complexity index is 532. The monoisotopic (exact) mass is 315 g/mol. The molecule has 0 aromatic heterocycles. The van der Waals surface area contributed by atoms with E-state index in [2.05, 4.69) is 0 Å². The number of benzene rings is 1. The zero-order valence-corrected chi connectivity index (χ0v) is 13.8. The molecule has 0 saturated heterocycles. The molecule has 1 rings (SSSR count). The average molecular weight is 315 g/mol. The van der Waals surface area contributed by atoms with Crippen molar-refractivity contribution in [2.45, 2.75) is 11.3 Å². The summed E-state index contributed by atoms with van der Waals surface area (Å²) in [4.78, 5) is 2.25. The molecule has 0 radical (unpaired) electrons. The minimum atomic E-state index is -3.54. The van der Waals surface area contributed by atoms with Crippen LogP contribution in [0, 0.1) is 0 Å². The Labute approximate surface area is 127 Å². The summed E-state index contributed by atoms with van der Waals surface area (Å²) in [7, 11) is 1.95. The van der Waals surface area contributed by atoms with Crippen LogP contribution >= 0.6 is 0 Å². The van der Waals surface area contributed by atoms with Gasteiger partial charge in [0, 0.05) is 25.9 Å². The first-order chi connectivity index (χ1) is 9.87. The predicted molar refractivity (Wildman–Crippen MR) is 84.7 cm³/mol. The van der Waals surface area contributed by atoms with Crippen molar-refractivity contribution < 1.29 is 13.2 Å². The number of sulfonamides is 1. The van der Waals surface area contributed by atoms with Crippen molar-refractivity contribution in [3.63, 3.8) is 0 Å². The first kappa shape index (κ1) is 17.9. The highest BCUT2D eigenvalue weighted by Gasteiger charge is 2.23. The summed E-state index contributed by atoms with van der Waals surface area (Å²) in [6.07, 6.45) is 0.762. The Morgan fingerprint density at radius 3 is 2.48 bits per heavy atom. The number of nitrogens with zero attached hydrogens (tertiary/aromatic N) is 2. The predicted octanol–water partition coefficient (Wildman–Crippen LogP) is 0.858. The van der Waals surface area contributed by atoms with Gasteiger partial charge in [-0.1, -0.05) is 6.07 Å². The maximum Gasteiger partial charge on any atom is 0.243 e. The molecule has 0 aliphatic heterocycles. The molecular formula is C14H25N3O3S. The highest BCUT2D eigenvalue weighted by molar-refractivity contribution is 7.89. The van der Waals surface area contributed by atoms with Gasteiger partial charge in [-0.2, -0.15) is 4.31 Å². The van der Waals surface area contributed by atoms with Crippen molar-refractivity contribution in [3.8, 4) is 0 Å². The molecule has 0 atom stereocenters. The van der Waals surface area contributed by atoms with Crippen molar-refractivity contribution >= 4 is 15.7 Å². The lowest BCUT2D eigenvalue weighted by molar-refractivity contribution is 0.177. The number of methoxy groups -OCH3 is 1. The number of anilines is 1. The molecule has 1 aromatic carbocycles. The largest absolute Gasteiger partial charge is 0.399 e. The molecule has 2 N–H and O–H groups in total. The molecule has 0 unspecified atom stereocenters. The van der Waals surface area contributed by atoms with Gasteiger partial charge in [0.2, 0.25) is 10.0 Å². The molecule has 0 aliphatic rings. The van der Waals surface area contributed by atoms with Gasteiger partial charge in [0.1, 0.15) is 0 Å². The van der Waals surface area contributed by atoms with Crippen LogP contribution in [0.4, 0.5) is 5.69 Å². The van der Waals surface area contributed by atoms with Gasteiger partial charge in [0.15, 0.2) is 0 Å². The van der Waals surface area contributed by atoms with Gasteiger partial charge in [0.05, 0.1) is 11.5 Å². The summed E-state index contributed by atoms with van der Waals surface area (Å²) in [5.41, 5.74) is 6.12. The highest BCUT2D eigenvalue weighted by Crippen LogP contribution is 2.18. The van der Waals surface area contributed by atoms with Crippen molar-refractivity contribution in [3.05, 3.63) is 24.3 Å². The molecule has 0 amide bonds. The van der Waals surface area contributed by atoms with Crippen LogP contribution in [0.5, 0.6) is 0 Å². The van der Waals surface area contributed by atoms with Gasteiger partial charge >= 0.3 is 0 Å². The summed E-state index contributed by atoms with van der Waals surface area (Å²) in [5, 5.41) is 0. The quantitative estimate of drug-likeness (QED) is 0.684. The third kappa shape index (κ3) is 5.62. The van der Waals surface area contributed by atoms with Crippen molar-refractivity contribution in [1.82, 2.24) is 9.21 Å². The van der Waals surface area contributed by atoms with Crippen molar-refractivity contribution in [2.75, 3.05) is 53.2 Å². The van der Waals surface area contributed by atoms with E-state index in [1.54, 1.807) is 25.3 Å². The number of hydrogen-bond acceptors (Lipinski definition) is 5. The van der Waals surface area contributed by atoms with Crippen LogP contribution in [-0.4, -0.2) is 65.1 Å². The summed E-state index contributed by atoms with van der Waals surface area (Å²) < 4.78 is 31.8. The SMILES string of the molecule is COCCN(CCCN(C)C)S(=O)(=O)c1cccc(N)c1. The molecule has 6 nitrogen and oxygen atoms in total. The average Bonchev–Trinajstić information content (AvgIpc) is 2.42. The van der Waals surface area contributed by atoms with Crippen LogP contribution in [0.1, 0.15) is 6.42 Å². The lowest BCUT2D eigenvalue weighted by Crippen LogP contribution is -2.36. The second kappa shape index (κ2) is 8.33. The Kier molecular flexibility index (Phi) is 7.10. The molecule has 0 fully saturated rings. The minimum Gasteiger partial charge on any atom is -0.399 e. The first-order valence-corrected chi connectivity index (χ1v) is 8.31. The zero-order valence-electron chi connectivity index (χ0n) is 12.9. The van der Waals surface area contributed by atoms with E-state index >= 15 is 0 Å². The fourth-order valence-corrected chi connectivity index (χ4v) is 3.45. The highest BCUT2D eigenvalue weighted by atomic mass is 32.2. The van der Waals surface area contributed by atoms with E-state index in [0.29, 0.717) is 25.4 Å². The number of ether oxygens (including phenoxy) is 1.